The van der Waals surface area contributed by atoms with Crippen LogP contribution in [0.3, 0.4) is 0 Å². The normalized spacial score (nSPS) is 16.9. The number of carbonyl (C=O) groups excluding carboxylic acids is 2. The quantitative estimate of drug-likeness (QED) is 0.395. The Hall–Kier alpha value is -3.83. The third-order valence-electron chi connectivity index (χ3n) is 5.45. The van der Waals surface area contributed by atoms with E-state index in [2.05, 4.69) is 5.32 Å². The third-order valence-corrected chi connectivity index (χ3v) is 6.71. The van der Waals surface area contributed by atoms with Gasteiger partial charge in [0.05, 0.1) is 18.1 Å². The van der Waals surface area contributed by atoms with Gasteiger partial charge in [-0.3, -0.25) is 14.5 Å². The van der Waals surface area contributed by atoms with Crippen molar-refractivity contribution >= 4 is 29.3 Å². The molecule has 34 heavy (non-hydrogen) atoms. The summed E-state index contributed by atoms with van der Waals surface area (Å²) in [6, 6.07) is 18.8. The first-order valence-corrected chi connectivity index (χ1v) is 11.7. The minimum Gasteiger partial charge on any atom is -0.467 e. The van der Waals surface area contributed by atoms with Crippen molar-refractivity contribution < 1.29 is 18.4 Å². The molecule has 6 nitrogen and oxygen atoms in total. The Kier molecular flexibility index (Phi) is 7.14. The van der Waals surface area contributed by atoms with E-state index in [-0.39, 0.29) is 28.9 Å². The van der Waals surface area contributed by atoms with Gasteiger partial charge in [-0.25, -0.2) is 4.39 Å². The Labute approximate surface area is 201 Å². The first-order chi connectivity index (χ1) is 16.5. The number of nitrogens with one attached hydrogen (secondary N) is 1. The molecule has 1 fully saturated rings. The number of benzene rings is 2. The number of amides is 2. The number of nitriles is 1. The molecule has 2 aromatic carbocycles. The van der Waals surface area contributed by atoms with Crippen LogP contribution in [-0.2, 0) is 29.0 Å². The largest absolute Gasteiger partial charge is 0.467 e. The molecule has 1 saturated heterocycles. The number of nitrogens with zero attached hydrogens (tertiary/aromatic N) is 2. The highest BCUT2D eigenvalue weighted by Crippen LogP contribution is 2.42. The summed E-state index contributed by atoms with van der Waals surface area (Å²) in [5, 5.41) is 12.3. The standard InChI is InChI=1S/C26H22FN3O3S/c1-2-17-7-11-20(12-8-17)30-25(32)23(14-18-5-9-19(27)10-6-18)34-26(30)22(15-28)24(31)29-16-21-4-3-13-33-21/h3-13,23H,2,14,16H2,1H3,(H,29,31)/b26-22-. The summed E-state index contributed by atoms with van der Waals surface area (Å²) < 4.78 is 18.6. The van der Waals surface area contributed by atoms with Gasteiger partial charge in [0.25, 0.3) is 5.91 Å². The van der Waals surface area contributed by atoms with Crippen LogP contribution in [-0.4, -0.2) is 17.1 Å². The molecule has 0 bridgehead atoms. The lowest BCUT2D eigenvalue weighted by molar-refractivity contribution is -0.117. The van der Waals surface area contributed by atoms with E-state index in [1.54, 1.807) is 24.3 Å². The highest BCUT2D eigenvalue weighted by Gasteiger charge is 2.40. The molecular weight excluding hydrogens is 453 g/mol. The van der Waals surface area contributed by atoms with Gasteiger partial charge in [-0.15, -0.1) is 0 Å². The number of rotatable bonds is 7. The van der Waals surface area contributed by atoms with E-state index in [1.807, 2.05) is 37.3 Å². The summed E-state index contributed by atoms with van der Waals surface area (Å²) in [7, 11) is 0. The SMILES string of the molecule is CCc1ccc(N2C(=O)C(Cc3ccc(F)cc3)S/C2=C(/C#N)C(=O)NCc2ccco2)cc1. The fourth-order valence-corrected chi connectivity index (χ4v) is 4.91. The summed E-state index contributed by atoms with van der Waals surface area (Å²) in [4.78, 5) is 27.8. The van der Waals surface area contributed by atoms with Crippen LogP contribution in [0.4, 0.5) is 10.1 Å². The van der Waals surface area contributed by atoms with E-state index in [0.717, 1.165) is 17.5 Å². The molecule has 8 heteroatoms. The van der Waals surface area contributed by atoms with Crippen LogP contribution in [0.1, 0.15) is 23.8 Å². The summed E-state index contributed by atoms with van der Waals surface area (Å²) in [5.41, 5.74) is 2.33. The van der Waals surface area contributed by atoms with Crippen molar-refractivity contribution in [3.05, 3.63) is 100 Å². The number of aryl methyl sites for hydroxylation is 1. The van der Waals surface area contributed by atoms with Crippen LogP contribution in [0, 0.1) is 17.1 Å². The second kappa shape index (κ2) is 10.4. The van der Waals surface area contributed by atoms with Crippen molar-refractivity contribution in [2.45, 2.75) is 31.6 Å². The van der Waals surface area contributed by atoms with Gasteiger partial charge in [-0.2, -0.15) is 5.26 Å². The highest BCUT2D eigenvalue weighted by molar-refractivity contribution is 8.05. The van der Waals surface area contributed by atoms with E-state index < -0.39 is 11.2 Å². The van der Waals surface area contributed by atoms with Crippen molar-refractivity contribution in [1.82, 2.24) is 5.32 Å². The van der Waals surface area contributed by atoms with E-state index in [4.69, 9.17) is 4.42 Å². The predicted molar refractivity (Wildman–Crippen MR) is 128 cm³/mol. The average Bonchev–Trinajstić information content (AvgIpc) is 3.48. The minimum absolute atomic E-state index is 0.118. The van der Waals surface area contributed by atoms with Crippen molar-refractivity contribution in [3.63, 3.8) is 0 Å². The molecule has 2 heterocycles. The number of thioether (sulfide) groups is 1. The number of carbonyl (C=O) groups is 2. The Morgan fingerprint density at radius 3 is 2.47 bits per heavy atom. The molecule has 4 rings (SSSR count). The van der Waals surface area contributed by atoms with Gasteiger partial charge in [0.1, 0.15) is 28.2 Å². The zero-order valence-electron chi connectivity index (χ0n) is 18.5. The lowest BCUT2D eigenvalue weighted by Gasteiger charge is -2.19. The summed E-state index contributed by atoms with van der Waals surface area (Å²) in [5.74, 6) is -0.633. The lowest BCUT2D eigenvalue weighted by atomic mass is 10.1. The van der Waals surface area contributed by atoms with E-state index in [1.165, 1.54) is 35.1 Å². The monoisotopic (exact) mass is 475 g/mol. The molecule has 172 valence electrons. The topological polar surface area (TPSA) is 86.3 Å². The fourth-order valence-electron chi connectivity index (χ4n) is 3.61. The number of hydrogen-bond donors (Lipinski definition) is 1. The molecule has 1 aliphatic rings. The highest BCUT2D eigenvalue weighted by atomic mass is 32.2. The maximum Gasteiger partial charge on any atom is 0.265 e. The molecule has 1 atom stereocenters. The number of furan rings is 1. The van der Waals surface area contributed by atoms with E-state index in [9.17, 15) is 19.2 Å². The fraction of sp³-hybridized carbons (Fsp3) is 0.192. The number of anilines is 1. The van der Waals surface area contributed by atoms with Crippen molar-refractivity contribution in [1.29, 1.82) is 5.26 Å². The van der Waals surface area contributed by atoms with Crippen LogP contribution >= 0.6 is 11.8 Å². The molecule has 1 N–H and O–H groups in total. The maximum absolute atomic E-state index is 13.5. The summed E-state index contributed by atoms with van der Waals surface area (Å²) in [6.07, 6.45) is 2.68. The van der Waals surface area contributed by atoms with Gasteiger partial charge in [0, 0.05) is 5.69 Å². The molecule has 2 amide bonds. The zero-order chi connectivity index (χ0) is 24.1. The minimum atomic E-state index is -0.591. The van der Waals surface area contributed by atoms with Crippen LogP contribution in [0.15, 0.2) is 81.9 Å². The van der Waals surface area contributed by atoms with E-state index >= 15 is 0 Å². The summed E-state index contributed by atoms with van der Waals surface area (Å²) in [6.45, 7) is 2.15. The molecule has 0 aliphatic carbocycles. The van der Waals surface area contributed by atoms with Crippen LogP contribution in [0.5, 0.6) is 0 Å². The smallest absolute Gasteiger partial charge is 0.265 e. The molecule has 1 aliphatic heterocycles. The summed E-state index contributed by atoms with van der Waals surface area (Å²) >= 11 is 1.17. The Morgan fingerprint density at radius 2 is 1.85 bits per heavy atom. The maximum atomic E-state index is 13.5. The third kappa shape index (κ3) is 5.05. The average molecular weight is 476 g/mol. The van der Waals surface area contributed by atoms with Crippen LogP contribution in [0.2, 0.25) is 0 Å². The second-order valence-corrected chi connectivity index (χ2v) is 8.88. The second-order valence-electron chi connectivity index (χ2n) is 7.68. The Bertz CT molecular complexity index is 1250. The van der Waals surface area contributed by atoms with E-state index in [0.29, 0.717) is 17.9 Å². The Balaban J connectivity index is 1.67. The van der Waals surface area contributed by atoms with Gasteiger partial charge >= 0.3 is 0 Å². The van der Waals surface area contributed by atoms with Gasteiger partial charge < -0.3 is 9.73 Å². The molecule has 1 unspecified atom stereocenters. The first-order valence-electron chi connectivity index (χ1n) is 10.8. The molecule has 0 spiro atoms. The molecular formula is C26H22FN3O3S. The van der Waals surface area contributed by atoms with Gasteiger partial charge in [-0.1, -0.05) is 43.0 Å². The number of halogens is 1. The zero-order valence-corrected chi connectivity index (χ0v) is 19.3. The van der Waals surface area contributed by atoms with Crippen molar-refractivity contribution in [2.75, 3.05) is 4.90 Å². The molecule has 0 saturated carbocycles. The number of hydrogen-bond acceptors (Lipinski definition) is 5. The predicted octanol–water partition coefficient (Wildman–Crippen LogP) is 4.72. The van der Waals surface area contributed by atoms with Gasteiger partial charge in [0.2, 0.25) is 5.91 Å². The lowest BCUT2D eigenvalue weighted by Crippen LogP contribution is -2.32. The Morgan fingerprint density at radius 1 is 1.15 bits per heavy atom. The van der Waals surface area contributed by atoms with Gasteiger partial charge in [0.15, 0.2) is 0 Å². The molecule has 1 aromatic heterocycles. The van der Waals surface area contributed by atoms with Gasteiger partial charge in [-0.05, 0) is 60.4 Å². The van der Waals surface area contributed by atoms with Crippen molar-refractivity contribution in [3.8, 4) is 6.07 Å². The first kappa shape index (κ1) is 23.3. The van der Waals surface area contributed by atoms with Crippen LogP contribution < -0.4 is 10.2 Å². The molecule has 3 aromatic rings. The molecule has 0 radical (unpaired) electrons. The van der Waals surface area contributed by atoms with Crippen molar-refractivity contribution in [2.24, 2.45) is 0 Å². The van der Waals surface area contributed by atoms with Crippen LogP contribution in [0.25, 0.3) is 0 Å².